The topological polar surface area (TPSA) is 86.6 Å². The molecule has 2 aromatic carbocycles. The maximum Gasteiger partial charge on any atom is 0.259 e. The molecule has 0 atom stereocenters. The number of nitrogens with one attached hydrogen (secondary N) is 2. The number of phenols is 1. The van der Waals surface area contributed by atoms with Crippen molar-refractivity contribution in [3.8, 4) is 5.75 Å². The van der Waals surface area contributed by atoms with Gasteiger partial charge in [-0.15, -0.1) is 0 Å². The molecule has 1 amide bonds. The van der Waals surface area contributed by atoms with Crippen molar-refractivity contribution in [1.82, 2.24) is 10.4 Å². The third kappa shape index (κ3) is 4.45. The largest absolute Gasteiger partial charge is 0.506 e. The molecule has 0 aliphatic rings. The highest BCUT2D eigenvalue weighted by Gasteiger charge is 2.10. The van der Waals surface area contributed by atoms with Crippen molar-refractivity contribution in [1.29, 1.82) is 0 Å². The fourth-order valence-electron chi connectivity index (χ4n) is 2.47. The van der Waals surface area contributed by atoms with Gasteiger partial charge in [-0.25, -0.2) is 5.43 Å². The number of hydrazone groups is 1. The van der Waals surface area contributed by atoms with Crippen molar-refractivity contribution in [2.45, 2.75) is 6.92 Å². The van der Waals surface area contributed by atoms with Gasteiger partial charge in [-0.1, -0.05) is 22.0 Å². The lowest BCUT2D eigenvalue weighted by Crippen LogP contribution is -2.25. The van der Waals surface area contributed by atoms with Crippen LogP contribution in [0, 0.1) is 6.92 Å². The van der Waals surface area contributed by atoms with Crippen LogP contribution < -0.4 is 10.7 Å². The zero-order chi connectivity index (χ0) is 19.4. The molecule has 6 nitrogen and oxygen atoms in total. The maximum atomic E-state index is 12.0. The van der Waals surface area contributed by atoms with Crippen molar-refractivity contribution in [3.63, 3.8) is 0 Å². The Hall–Kier alpha value is -2.45. The first-order valence-corrected chi connectivity index (χ1v) is 9.63. The maximum absolute atomic E-state index is 12.0. The Balaban J connectivity index is 1.63. The molecule has 0 aliphatic carbocycles. The summed E-state index contributed by atoms with van der Waals surface area (Å²) < 4.78 is 1.40. The van der Waals surface area contributed by atoms with Crippen molar-refractivity contribution in [2.24, 2.45) is 5.10 Å². The van der Waals surface area contributed by atoms with E-state index in [-0.39, 0.29) is 18.2 Å². The molecule has 3 rings (SSSR count). The van der Waals surface area contributed by atoms with E-state index >= 15 is 0 Å². The summed E-state index contributed by atoms with van der Waals surface area (Å²) in [5, 5.41) is 18.1. The molecule has 0 saturated carbocycles. The summed E-state index contributed by atoms with van der Waals surface area (Å²) in [5.41, 5.74) is 5.47. The Morgan fingerprint density at radius 3 is 2.93 bits per heavy atom. The number of carbonyl (C=O) groups excluding carboxylic acids is 1. The molecule has 0 spiro atoms. The van der Waals surface area contributed by atoms with Gasteiger partial charge >= 0.3 is 0 Å². The van der Waals surface area contributed by atoms with E-state index in [0.717, 1.165) is 26.6 Å². The number of rotatable bonds is 5. The Morgan fingerprint density at radius 2 is 2.11 bits per heavy atom. The van der Waals surface area contributed by atoms with Crippen molar-refractivity contribution in [3.05, 3.63) is 62.7 Å². The second-order valence-corrected chi connectivity index (χ2v) is 7.40. The fourth-order valence-corrected chi connectivity index (χ4v) is 3.62. The van der Waals surface area contributed by atoms with E-state index in [1.165, 1.54) is 6.21 Å². The van der Waals surface area contributed by atoms with Gasteiger partial charge < -0.3 is 10.4 Å². The van der Waals surface area contributed by atoms with Gasteiger partial charge in [-0.05, 0) is 58.7 Å². The average molecular weight is 492 g/mol. The number of halogens is 2. The number of fused-ring (bicyclic) bond motifs is 1. The van der Waals surface area contributed by atoms with Crippen LogP contribution >= 0.6 is 31.9 Å². The standard InChI is InChI=1S/C19H16Br2N4O2/c1-11-14(20)8-12(19(27)18(11)21)9-24-25-17(26)10-23-16-6-2-5-15-13(16)4-3-7-22-15/h2-9,23,27H,10H2,1H3,(H,25,26)/b24-9-. The number of aromatic nitrogens is 1. The lowest BCUT2D eigenvalue weighted by molar-refractivity contribution is -0.119. The van der Waals surface area contributed by atoms with Gasteiger partial charge in [0.15, 0.2) is 0 Å². The zero-order valence-corrected chi connectivity index (χ0v) is 17.5. The summed E-state index contributed by atoms with van der Waals surface area (Å²) in [4.78, 5) is 16.3. The summed E-state index contributed by atoms with van der Waals surface area (Å²) in [5.74, 6) is -0.244. The molecule has 3 aromatic rings. The summed E-state index contributed by atoms with van der Waals surface area (Å²) in [7, 11) is 0. The Bertz CT molecular complexity index is 1030. The number of hydrogen-bond acceptors (Lipinski definition) is 5. The minimum absolute atomic E-state index is 0.0542. The minimum Gasteiger partial charge on any atom is -0.506 e. The van der Waals surface area contributed by atoms with Crippen LogP contribution in [-0.4, -0.2) is 28.8 Å². The van der Waals surface area contributed by atoms with Gasteiger partial charge in [0, 0.05) is 27.3 Å². The van der Waals surface area contributed by atoms with Crippen LogP contribution in [0.3, 0.4) is 0 Å². The summed E-state index contributed by atoms with van der Waals surface area (Å²) in [6, 6.07) is 11.2. The molecule has 1 aromatic heterocycles. The molecule has 138 valence electrons. The van der Waals surface area contributed by atoms with Gasteiger partial charge in [0.25, 0.3) is 5.91 Å². The normalized spacial score (nSPS) is 11.1. The SMILES string of the molecule is Cc1c(Br)cc(/C=N\NC(=O)CNc2cccc3ncccc23)c(O)c1Br. The molecule has 0 fully saturated rings. The highest BCUT2D eigenvalue weighted by molar-refractivity contribution is 9.11. The quantitative estimate of drug-likeness (QED) is 0.366. The molecule has 27 heavy (non-hydrogen) atoms. The highest BCUT2D eigenvalue weighted by Crippen LogP contribution is 2.35. The monoisotopic (exact) mass is 490 g/mol. The molecule has 3 N–H and O–H groups in total. The predicted molar refractivity (Wildman–Crippen MR) is 114 cm³/mol. The average Bonchev–Trinajstić information content (AvgIpc) is 2.68. The van der Waals surface area contributed by atoms with E-state index in [0.29, 0.717) is 10.0 Å². The third-order valence-electron chi connectivity index (χ3n) is 3.93. The second kappa shape index (κ2) is 8.49. The molecular weight excluding hydrogens is 476 g/mol. The van der Waals surface area contributed by atoms with E-state index in [2.05, 4.69) is 52.7 Å². The Labute approximate surface area is 173 Å². The molecule has 0 saturated heterocycles. The lowest BCUT2D eigenvalue weighted by atomic mass is 10.1. The van der Waals surface area contributed by atoms with E-state index in [1.54, 1.807) is 12.3 Å². The van der Waals surface area contributed by atoms with Crippen molar-refractivity contribution >= 4 is 60.6 Å². The first-order chi connectivity index (χ1) is 13.0. The van der Waals surface area contributed by atoms with Gasteiger partial charge in [-0.3, -0.25) is 9.78 Å². The summed E-state index contributed by atoms with van der Waals surface area (Å²) in [6.45, 7) is 1.92. The van der Waals surface area contributed by atoms with Gasteiger partial charge in [-0.2, -0.15) is 5.10 Å². The van der Waals surface area contributed by atoms with E-state index in [4.69, 9.17) is 0 Å². The van der Waals surface area contributed by atoms with Crippen LogP contribution in [0.15, 0.2) is 56.6 Å². The number of anilines is 1. The van der Waals surface area contributed by atoms with E-state index in [1.807, 2.05) is 37.3 Å². The first-order valence-electron chi connectivity index (χ1n) is 8.04. The van der Waals surface area contributed by atoms with Crippen LogP contribution in [0.2, 0.25) is 0 Å². The molecule has 0 aliphatic heterocycles. The zero-order valence-electron chi connectivity index (χ0n) is 14.3. The number of carbonyl (C=O) groups is 1. The molecule has 8 heteroatoms. The summed E-state index contributed by atoms with van der Waals surface area (Å²) >= 11 is 6.75. The number of pyridine rings is 1. The minimum atomic E-state index is -0.308. The second-order valence-electron chi connectivity index (χ2n) is 5.76. The predicted octanol–water partition coefficient (Wildman–Crippen LogP) is 4.34. The highest BCUT2D eigenvalue weighted by atomic mass is 79.9. The molecular formula is C19H16Br2N4O2. The van der Waals surface area contributed by atoms with Crippen LogP contribution in [0.4, 0.5) is 5.69 Å². The molecule has 1 heterocycles. The van der Waals surface area contributed by atoms with E-state index in [9.17, 15) is 9.90 Å². The first kappa shape index (κ1) is 19.3. The number of aromatic hydroxyl groups is 1. The van der Waals surface area contributed by atoms with Gasteiger partial charge in [0.05, 0.1) is 22.7 Å². The number of amides is 1. The Kier molecular flexibility index (Phi) is 6.08. The summed E-state index contributed by atoms with van der Waals surface area (Å²) in [6.07, 6.45) is 3.12. The van der Waals surface area contributed by atoms with Crippen LogP contribution in [0.1, 0.15) is 11.1 Å². The van der Waals surface area contributed by atoms with Crippen molar-refractivity contribution in [2.75, 3.05) is 11.9 Å². The van der Waals surface area contributed by atoms with Crippen LogP contribution in [0.5, 0.6) is 5.75 Å². The molecule has 0 radical (unpaired) electrons. The number of nitrogens with zero attached hydrogens (tertiary/aromatic N) is 2. The number of hydrogen-bond donors (Lipinski definition) is 3. The number of benzene rings is 2. The van der Waals surface area contributed by atoms with Crippen LogP contribution in [-0.2, 0) is 4.79 Å². The van der Waals surface area contributed by atoms with E-state index < -0.39 is 0 Å². The van der Waals surface area contributed by atoms with Gasteiger partial charge in [0.2, 0.25) is 0 Å². The van der Waals surface area contributed by atoms with Gasteiger partial charge in [0.1, 0.15) is 5.75 Å². The lowest BCUT2D eigenvalue weighted by Gasteiger charge is -2.09. The van der Waals surface area contributed by atoms with Crippen molar-refractivity contribution < 1.29 is 9.90 Å². The third-order valence-corrected chi connectivity index (χ3v) is 5.72. The fraction of sp³-hybridized carbons (Fsp3) is 0.105. The smallest absolute Gasteiger partial charge is 0.259 e. The molecule has 0 unspecified atom stereocenters. The molecule has 0 bridgehead atoms. The Morgan fingerprint density at radius 1 is 1.30 bits per heavy atom. The number of phenolic OH excluding ortho intramolecular Hbond substituents is 1. The van der Waals surface area contributed by atoms with Crippen LogP contribution in [0.25, 0.3) is 10.9 Å².